The van der Waals surface area contributed by atoms with E-state index in [0.717, 1.165) is 29.4 Å². The first-order valence-electron chi connectivity index (χ1n) is 9.21. The van der Waals surface area contributed by atoms with Crippen LogP contribution >= 0.6 is 11.6 Å². The van der Waals surface area contributed by atoms with Crippen molar-refractivity contribution < 1.29 is 9.32 Å². The first-order chi connectivity index (χ1) is 13.7. The van der Waals surface area contributed by atoms with Gasteiger partial charge in [0.05, 0.1) is 10.7 Å². The maximum absolute atomic E-state index is 12.5. The zero-order valence-corrected chi connectivity index (χ0v) is 16.0. The largest absolute Gasteiger partial charge is 0.367 e. The van der Waals surface area contributed by atoms with E-state index in [0.29, 0.717) is 37.6 Å². The lowest BCUT2D eigenvalue weighted by atomic mass is 10.2. The highest BCUT2D eigenvalue weighted by molar-refractivity contribution is 6.33. The molecule has 1 aromatic carbocycles. The Hall–Kier alpha value is -2.93. The van der Waals surface area contributed by atoms with Crippen LogP contribution in [0.5, 0.6) is 0 Å². The van der Waals surface area contributed by atoms with Crippen molar-refractivity contribution in [1.82, 2.24) is 20.0 Å². The fraction of sp³-hybridized carbons (Fsp3) is 0.300. The highest BCUT2D eigenvalue weighted by Crippen LogP contribution is 2.26. The number of hydrogen-bond acceptors (Lipinski definition) is 6. The summed E-state index contributed by atoms with van der Waals surface area (Å²) in [5, 5.41) is 4.70. The predicted molar refractivity (Wildman–Crippen MR) is 106 cm³/mol. The van der Waals surface area contributed by atoms with Crippen molar-refractivity contribution in [2.75, 3.05) is 31.1 Å². The number of aryl methyl sites for hydroxylation is 1. The van der Waals surface area contributed by atoms with E-state index in [1.807, 2.05) is 41.3 Å². The number of nitrogens with zero attached hydrogens (tertiary/aromatic N) is 5. The van der Waals surface area contributed by atoms with Crippen molar-refractivity contribution in [3.05, 3.63) is 59.7 Å². The number of carbonyl (C=O) groups is 1. The van der Waals surface area contributed by atoms with Gasteiger partial charge in [-0.05, 0) is 24.3 Å². The van der Waals surface area contributed by atoms with Gasteiger partial charge in [0.15, 0.2) is 0 Å². The van der Waals surface area contributed by atoms with Crippen molar-refractivity contribution in [3.8, 4) is 11.4 Å². The number of halogens is 1. The lowest BCUT2D eigenvalue weighted by Crippen LogP contribution is -2.48. The molecule has 144 valence electrons. The molecule has 0 saturated carbocycles. The Labute approximate surface area is 167 Å². The van der Waals surface area contributed by atoms with E-state index in [1.165, 1.54) is 0 Å². The molecule has 1 amide bonds. The minimum Gasteiger partial charge on any atom is -0.367 e. The second-order valence-electron chi connectivity index (χ2n) is 6.57. The minimum atomic E-state index is 0.0972. The molecule has 0 atom stereocenters. The van der Waals surface area contributed by atoms with Crippen LogP contribution in [0.15, 0.2) is 53.3 Å². The van der Waals surface area contributed by atoms with E-state index in [1.54, 1.807) is 12.4 Å². The van der Waals surface area contributed by atoms with E-state index < -0.39 is 0 Å². The molecule has 1 aliphatic heterocycles. The SMILES string of the molecule is O=C(CCc1nc(-c2cccnc2)no1)N1CCN(c2ccccc2Cl)CC1. The van der Waals surface area contributed by atoms with Gasteiger partial charge in [-0.3, -0.25) is 9.78 Å². The first-order valence-corrected chi connectivity index (χ1v) is 9.59. The maximum atomic E-state index is 12.5. The molecule has 2 aromatic heterocycles. The topological polar surface area (TPSA) is 75.4 Å². The summed E-state index contributed by atoms with van der Waals surface area (Å²) in [4.78, 5) is 25.0. The van der Waals surface area contributed by atoms with Gasteiger partial charge in [0.1, 0.15) is 0 Å². The third-order valence-corrected chi connectivity index (χ3v) is 5.09. The molecule has 3 heterocycles. The van der Waals surface area contributed by atoms with Crippen LogP contribution in [-0.2, 0) is 11.2 Å². The average molecular weight is 398 g/mol. The Morgan fingerprint density at radius 3 is 2.68 bits per heavy atom. The molecule has 0 spiro atoms. The minimum absolute atomic E-state index is 0.0972. The van der Waals surface area contributed by atoms with Crippen molar-refractivity contribution in [3.63, 3.8) is 0 Å². The number of para-hydroxylation sites is 1. The Morgan fingerprint density at radius 1 is 1.11 bits per heavy atom. The highest BCUT2D eigenvalue weighted by Gasteiger charge is 2.22. The fourth-order valence-electron chi connectivity index (χ4n) is 3.25. The molecule has 8 heteroatoms. The second-order valence-corrected chi connectivity index (χ2v) is 6.98. The summed E-state index contributed by atoms with van der Waals surface area (Å²) in [6.07, 6.45) is 4.14. The Morgan fingerprint density at radius 2 is 1.93 bits per heavy atom. The number of hydrogen-bond donors (Lipinski definition) is 0. The number of amides is 1. The van der Waals surface area contributed by atoms with E-state index >= 15 is 0 Å². The summed E-state index contributed by atoms with van der Waals surface area (Å²) in [5.41, 5.74) is 1.81. The van der Waals surface area contributed by atoms with Crippen LogP contribution in [0.2, 0.25) is 5.02 Å². The van der Waals surface area contributed by atoms with Gasteiger partial charge >= 0.3 is 0 Å². The Balaban J connectivity index is 1.28. The molecule has 0 N–H and O–H groups in total. The first kappa shape index (κ1) is 18.4. The van der Waals surface area contributed by atoms with E-state index in [2.05, 4.69) is 20.0 Å². The molecule has 1 saturated heterocycles. The molecule has 0 unspecified atom stereocenters. The van der Waals surface area contributed by atoms with Crippen LogP contribution in [0.4, 0.5) is 5.69 Å². The third-order valence-electron chi connectivity index (χ3n) is 4.77. The maximum Gasteiger partial charge on any atom is 0.227 e. The quantitative estimate of drug-likeness (QED) is 0.658. The summed E-state index contributed by atoms with van der Waals surface area (Å²) < 4.78 is 5.26. The molecule has 0 aliphatic carbocycles. The summed E-state index contributed by atoms with van der Waals surface area (Å²) in [5.74, 6) is 1.05. The van der Waals surface area contributed by atoms with E-state index in [4.69, 9.17) is 16.1 Å². The van der Waals surface area contributed by atoms with Crippen LogP contribution in [0.25, 0.3) is 11.4 Å². The number of pyridine rings is 1. The normalized spacial score (nSPS) is 14.3. The van der Waals surface area contributed by atoms with Gasteiger partial charge in [0.25, 0.3) is 0 Å². The standard InChI is InChI=1S/C20H20ClN5O2/c21-16-5-1-2-6-17(16)25-10-12-26(13-11-25)19(27)8-7-18-23-20(24-28-18)15-4-3-9-22-14-15/h1-6,9,14H,7-8,10-13H2. The van der Waals surface area contributed by atoms with Crippen molar-refractivity contribution in [1.29, 1.82) is 0 Å². The van der Waals surface area contributed by atoms with Gasteiger partial charge in [0.2, 0.25) is 17.6 Å². The predicted octanol–water partition coefficient (Wildman–Crippen LogP) is 3.07. The fourth-order valence-corrected chi connectivity index (χ4v) is 3.50. The van der Waals surface area contributed by atoms with E-state index in [-0.39, 0.29) is 5.91 Å². The van der Waals surface area contributed by atoms with Crippen LogP contribution in [0, 0.1) is 0 Å². The smallest absolute Gasteiger partial charge is 0.227 e. The summed E-state index contributed by atoms with van der Waals surface area (Å²) in [6.45, 7) is 2.88. The molecule has 28 heavy (non-hydrogen) atoms. The number of rotatable bonds is 5. The summed E-state index contributed by atoms with van der Waals surface area (Å²) in [7, 11) is 0. The van der Waals surface area contributed by atoms with Crippen LogP contribution in [0.1, 0.15) is 12.3 Å². The summed E-state index contributed by atoms with van der Waals surface area (Å²) in [6, 6.07) is 11.5. The monoisotopic (exact) mass is 397 g/mol. The molecule has 3 aromatic rings. The van der Waals surface area contributed by atoms with Crippen LogP contribution < -0.4 is 4.90 Å². The van der Waals surface area contributed by atoms with Gasteiger partial charge in [-0.1, -0.05) is 28.9 Å². The molecule has 7 nitrogen and oxygen atoms in total. The van der Waals surface area contributed by atoms with Crippen LogP contribution in [0.3, 0.4) is 0 Å². The van der Waals surface area contributed by atoms with Crippen molar-refractivity contribution >= 4 is 23.2 Å². The lowest BCUT2D eigenvalue weighted by molar-refractivity contribution is -0.131. The molecule has 1 fully saturated rings. The number of carbonyl (C=O) groups excluding carboxylic acids is 1. The van der Waals surface area contributed by atoms with Gasteiger partial charge in [-0.25, -0.2) is 0 Å². The molecule has 4 rings (SSSR count). The highest BCUT2D eigenvalue weighted by atomic mass is 35.5. The lowest BCUT2D eigenvalue weighted by Gasteiger charge is -2.36. The molecule has 1 aliphatic rings. The number of benzene rings is 1. The zero-order valence-electron chi connectivity index (χ0n) is 15.3. The Kier molecular flexibility index (Phi) is 5.53. The average Bonchev–Trinajstić information content (AvgIpc) is 3.22. The van der Waals surface area contributed by atoms with Gasteiger partial charge in [-0.15, -0.1) is 0 Å². The molecule has 0 bridgehead atoms. The molecular weight excluding hydrogens is 378 g/mol. The Bertz CT molecular complexity index is 939. The van der Waals surface area contributed by atoms with Crippen molar-refractivity contribution in [2.45, 2.75) is 12.8 Å². The zero-order chi connectivity index (χ0) is 19.3. The number of piperazine rings is 1. The number of aromatic nitrogens is 3. The molecular formula is C20H20ClN5O2. The van der Waals surface area contributed by atoms with Gasteiger partial charge < -0.3 is 14.3 Å². The summed E-state index contributed by atoms with van der Waals surface area (Å²) >= 11 is 6.27. The van der Waals surface area contributed by atoms with E-state index in [9.17, 15) is 4.79 Å². The molecule has 0 radical (unpaired) electrons. The van der Waals surface area contributed by atoms with Crippen molar-refractivity contribution in [2.24, 2.45) is 0 Å². The van der Waals surface area contributed by atoms with Crippen LogP contribution in [-0.4, -0.2) is 52.1 Å². The second kappa shape index (κ2) is 8.39. The third kappa shape index (κ3) is 4.14. The van der Waals surface area contributed by atoms with Gasteiger partial charge in [-0.2, -0.15) is 4.98 Å². The van der Waals surface area contributed by atoms with Gasteiger partial charge in [0, 0.05) is 57.0 Å². The number of anilines is 1.